The van der Waals surface area contributed by atoms with Crippen molar-refractivity contribution in [2.45, 2.75) is 13.5 Å². The number of aromatic nitrogens is 3. The van der Waals surface area contributed by atoms with Crippen molar-refractivity contribution >= 4 is 17.6 Å². The largest absolute Gasteiger partial charge is 0.355 e. The van der Waals surface area contributed by atoms with E-state index in [1.165, 1.54) is 0 Å². The third-order valence-corrected chi connectivity index (χ3v) is 3.97. The van der Waals surface area contributed by atoms with Crippen LogP contribution in [0.1, 0.15) is 21.5 Å². The predicted octanol–water partition coefficient (Wildman–Crippen LogP) is 2.26. The Balaban J connectivity index is 1.60. The molecule has 0 atom stereocenters. The molecule has 0 unspecified atom stereocenters. The number of carbonyl (C=O) groups excluding carboxylic acids is 2. The van der Waals surface area contributed by atoms with Crippen LogP contribution in [0.2, 0.25) is 0 Å². The maximum absolute atomic E-state index is 12.2. The van der Waals surface area contributed by atoms with Crippen LogP contribution in [0.3, 0.4) is 0 Å². The highest BCUT2D eigenvalue weighted by atomic mass is 16.2. The van der Waals surface area contributed by atoms with E-state index < -0.39 is 0 Å². The molecule has 8 heteroatoms. The van der Waals surface area contributed by atoms with E-state index in [4.69, 9.17) is 0 Å². The molecule has 27 heavy (non-hydrogen) atoms. The zero-order chi connectivity index (χ0) is 19.2. The molecule has 3 amide bonds. The van der Waals surface area contributed by atoms with Crippen LogP contribution in [0.25, 0.3) is 5.82 Å². The average Bonchev–Trinajstić information content (AvgIpc) is 3.22. The first-order valence-corrected chi connectivity index (χ1v) is 8.39. The number of aryl methyl sites for hydroxylation is 1. The van der Waals surface area contributed by atoms with Gasteiger partial charge in [-0.15, -0.1) is 0 Å². The lowest BCUT2D eigenvalue weighted by Crippen LogP contribution is -2.28. The van der Waals surface area contributed by atoms with Crippen molar-refractivity contribution in [2.75, 3.05) is 12.4 Å². The Bertz CT molecular complexity index is 953. The molecule has 1 aromatic carbocycles. The fraction of sp³-hybridized carbons (Fsp3) is 0.158. The molecule has 8 nitrogen and oxygen atoms in total. The van der Waals surface area contributed by atoms with E-state index in [2.05, 4.69) is 26.0 Å². The van der Waals surface area contributed by atoms with E-state index in [9.17, 15) is 9.59 Å². The van der Waals surface area contributed by atoms with E-state index >= 15 is 0 Å². The fourth-order valence-electron chi connectivity index (χ4n) is 2.54. The van der Waals surface area contributed by atoms with Crippen LogP contribution in [0, 0.1) is 6.92 Å². The zero-order valence-corrected chi connectivity index (χ0v) is 15.1. The molecule has 0 fully saturated rings. The number of benzene rings is 1. The van der Waals surface area contributed by atoms with Gasteiger partial charge in [-0.25, -0.2) is 14.5 Å². The summed E-state index contributed by atoms with van der Waals surface area (Å²) >= 11 is 0. The van der Waals surface area contributed by atoms with Gasteiger partial charge in [0.2, 0.25) is 0 Å². The third-order valence-electron chi connectivity index (χ3n) is 3.97. The van der Waals surface area contributed by atoms with Crippen molar-refractivity contribution in [3.05, 3.63) is 71.7 Å². The highest BCUT2D eigenvalue weighted by Crippen LogP contribution is 2.16. The Morgan fingerprint density at radius 3 is 2.70 bits per heavy atom. The Morgan fingerprint density at radius 2 is 2.00 bits per heavy atom. The molecule has 0 aliphatic rings. The first kappa shape index (κ1) is 18.1. The minimum atomic E-state index is -0.330. The van der Waals surface area contributed by atoms with Crippen molar-refractivity contribution in [3.63, 3.8) is 0 Å². The third kappa shape index (κ3) is 4.49. The molecule has 2 heterocycles. The number of rotatable bonds is 5. The molecule has 0 spiro atoms. The van der Waals surface area contributed by atoms with E-state index in [0.717, 1.165) is 11.1 Å². The average molecular weight is 364 g/mol. The number of nitrogens with zero attached hydrogens (tertiary/aromatic N) is 3. The molecule has 0 radical (unpaired) electrons. The first-order chi connectivity index (χ1) is 13.1. The number of urea groups is 1. The molecule has 0 saturated heterocycles. The number of amides is 3. The normalized spacial score (nSPS) is 10.3. The van der Waals surface area contributed by atoms with Gasteiger partial charge >= 0.3 is 6.03 Å². The van der Waals surface area contributed by atoms with E-state index in [0.29, 0.717) is 23.6 Å². The second-order valence-corrected chi connectivity index (χ2v) is 5.89. The molecule has 3 aromatic rings. The Hall–Kier alpha value is -3.68. The van der Waals surface area contributed by atoms with Crippen molar-refractivity contribution in [1.29, 1.82) is 0 Å². The monoisotopic (exact) mass is 364 g/mol. The fourth-order valence-corrected chi connectivity index (χ4v) is 2.54. The summed E-state index contributed by atoms with van der Waals surface area (Å²) < 4.78 is 1.65. The molecular weight excluding hydrogens is 344 g/mol. The Kier molecular flexibility index (Phi) is 5.46. The minimum Gasteiger partial charge on any atom is -0.355 e. The second-order valence-electron chi connectivity index (χ2n) is 5.89. The lowest BCUT2D eigenvalue weighted by Gasteiger charge is -2.11. The number of hydrogen-bond acceptors (Lipinski definition) is 4. The van der Waals surface area contributed by atoms with Gasteiger partial charge in [0.05, 0.1) is 0 Å². The summed E-state index contributed by atoms with van der Waals surface area (Å²) in [4.78, 5) is 28.1. The number of nitrogens with one attached hydrogen (secondary N) is 3. The molecule has 138 valence electrons. The summed E-state index contributed by atoms with van der Waals surface area (Å²) in [5, 5.41) is 12.3. The number of hydrogen-bond donors (Lipinski definition) is 3. The molecular formula is C19H20N6O2. The van der Waals surface area contributed by atoms with Crippen LogP contribution in [0.5, 0.6) is 0 Å². The Morgan fingerprint density at radius 1 is 1.15 bits per heavy atom. The highest BCUT2D eigenvalue weighted by Gasteiger charge is 2.09. The van der Waals surface area contributed by atoms with Gasteiger partial charge in [0.1, 0.15) is 0 Å². The van der Waals surface area contributed by atoms with Crippen LogP contribution in [0.15, 0.2) is 55.0 Å². The van der Waals surface area contributed by atoms with Crippen molar-refractivity contribution in [3.8, 4) is 5.82 Å². The SMILES string of the molecule is CNC(=O)c1ccc(NC(=O)NCc2ccnc(-n3cccn3)c2)c(C)c1. The summed E-state index contributed by atoms with van der Waals surface area (Å²) in [6.07, 6.45) is 5.16. The maximum atomic E-state index is 12.2. The Labute approximate surface area is 156 Å². The van der Waals surface area contributed by atoms with Crippen LogP contribution >= 0.6 is 0 Å². The number of carbonyl (C=O) groups is 2. The lowest BCUT2D eigenvalue weighted by molar-refractivity contribution is 0.0963. The van der Waals surface area contributed by atoms with Crippen LogP contribution < -0.4 is 16.0 Å². The highest BCUT2D eigenvalue weighted by molar-refractivity contribution is 5.96. The van der Waals surface area contributed by atoms with Crippen LogP contribution in [0.4, 0.5) is 10.5 Å². The predicted molar refractivity (Wildman–Crippen MR) is 102 cm³/mol. The summed E-state index contributed by atoms with van der Waals surface area (Å²) in [5.74, 6) is 0.514. The standard InChI is InChI=1S/C19H20N6O2/c1-13-10-15(18(26)20-2)4-5-16(13)24-19(27)22-12-14-6-8-21-17(11-14)25-9-3-7-23-25/h3-11H,12H2,1-2H3,(H,20,26)(H2,22,24,27). The molecule has 2 aromatic heterocycles. The number of pyridine rings is 1. The summed E-state index contributed by atoms with van der Waals surface area (Å²) in [7, 11) is 1.58. The second kappa shape index (κ2) is 8.13. The van der Waals surface area contributed by atoms with Gasteiger partial charge in [-0.3, -0.25) is 4.79 Å². The van der Waals surface area contributed by atoms with E-state index in [-0.39, 0.29) is 11.9 Å². The lowest BCUT2D eigenvalue weighted by atomic mass is 10.1. The van der Waals surface area contributed by atoms with Gasteiger partial charge in [0, 0.05) is 43.4 Å². The summed E-state index contributed by atoms with van der Waals surface area (Å²) in [6.45, 7) is 2.18. The molecule has 0 aliphatic carbocycles. The molecule has 0 saturated carbocycles. The smallest absolute Gasteiger partial charge is 0.319 e. The van der Waals surface area contributed by atoms with Crippen molar-refractivity contribution in [1.82, 2.24) is 25.4 Å². The quantitative estimate of drug-likeness (QED) is 0.646. The zero-order valence-electron chi connectivity index (χ0n) is 15.1. The number of anilines is 1. The van der Waals surface area contributed by atoms with Gasteiger partial charge < -0.3 is 16.0 Å². The maximum Gasteiger partial charge on any atom is 0.319 e. The van der Waals surface area contributed by atoms with Gasteiger partial charge in [0.15, 0.2) is 5.82 Å². The van der Waals surface area contributed by atoms with Gasteiger partial charge in [0.25, 0.3) is 5.91 Å². The molecule has 3 N–H and O–H groups in total. The van der Waals surface area contributed by atoms with Gasteiger partial charge in [-0.05, 0) is 54.4 Å². The van der Waals surface area contributed by atoms with Crippen LogP contribution in [-0.4, -0.2) is 33.8 Å². The summed E-state index contributed by atoms with van der Waals surface area (Å²) in [5.41, 5.74) is 2.89. The summed E-state index contributed by atoms with van der Waals surface area (Å²) in [6, 6.07) is 10.3. The molecule has 3 rings (SSSR count). The topological polar surface area (TPSA) is 101 Å². The van der Waals surface area contributed by atoms with E-state index in [1.807, 2.05) is 25.1 Å². The van der Waals surface area contributed by atoms with Gasteiger partial charge in [-0.1, -0.05) is 0 Å². The van der Waals surface area contributed by atoms with Gasteiger partial charge in [-0.2, -0.15) is 5.10 Å². The van der Waals surface area contributed by atoms with Crippen molar-refractivity contribution < 1.29 is 9.59 Å². The minimum absolute atomic E-state index is 0.167. The molecule has 0 aliphatic heterocycles. The van der Waals surface area contributed by atoms with Crippen molar-refractivity contribution in [2.24, 2.45) is 0 Å². The van der Waals surface area contributed by atoms with Crippen LogP contribution in [-0.2, 0) is 6.54 Å². The molecule has 0 bridgehead atoms. The van der Waals surface area contributed by atoms with E-state index in [1.54, 1.807) is 48.5 Å². The first-order valence-electron chi connectivity index (χ1n) is 8.39.